The molecule has 0 fully saturated rings. The molecule has 3 rings (SSSR count). The van der Waals surface area contributed by atoms with Crippen molar-refractivity contribution >= 4 is 45.4 Å². The highest BCUT2D eigenvalue weighted by atomic mass is 32.2. The lowest BCUT2D eigenvalue weighted by molar-refractivity contribution is -0.428. The molecule has 1 amide bonds. The van der Waals surface area contributed by atoms with Crippen molar-refractivity contribution in [3.63, 3.8) is 0 Å². The van der Waals surface area contributed by atoms with Gasteiger partial charge in [0.1, 0.15) is 11.3 Å². The molecular formula is C16H18N5O3S2+. The van der Waals surface area contributed by atoms with Gasteiger partial charge in [0, 0.05) is 21.0 Å². The number of nitroso groups, excluding NO2 is 1. The quantitative estimate of drug-likeness (QED) is 0.727. The molecule has 1 aromatic carbocycles. The maximum Gasteiger partial charge on any atom is 0.260 e. The number of nitrogens with zero attached hydrogens (tertiary/aromatic N) is 4. The van der Waals surface area contributed by atoms with Crippen LogP contribution in [0.5, 0.6) is 5.75 Å². The summed E-state index contributed by atoms with van der Waals surface area (Å²) in [5.41, 5.74) is 4.06. The van der Waals surface area contributed by atoms with Crippen molar-refractivity contribution in [2.75, 3.05) is 19.0 Å². The number of benzene rings is 1. The zero-order valence-electron chi connectivity index (χ0n) is 14.3. The Bertz CT molecular complexity index is 825. The summed E-state index contributed by atoms with van der Waals surface area (Å²) < 4.78 is 6.49. The van der Waals surface area contributed by atoms with Crippen molar-refractivity contribution in [2.45, 2.75) is 24.6 Å². The Morgan fingerprint density at radius 3 is 2.88 bits per heavy atom. The number of ether oxygens (including phenoxy) is 1. The molecule has 26 heavy (non-hydrogen) atoms. The lowest BCUT2D eigenvalue weighted by atomic mass is 10.1. The molecular weight excluding hydrogens is 374 g/mol. The normalized spacial score (nSPS) is 18.7. The van der Waals surface area contributed by atoms with E-state index in [4.69, 9.17) is 4.74 Å². The van der Waals surface area contributed by atoms with E-state index in [1.54, 1.807) is 23.9 Å². The van der Waals surface area contributed by atoms with Crippen molar-refractivity contribution in [2.24, 2.45) is 4.99 Å². The third kappa shape index (κ3) is 4.64. The van der Waals surface area contributed by atoms with Crippen molar-refractivity contribution in [3.05, 3.63) is 34.2 Å². The summed E-state index contributed by atoms with van der Waals surface area (Å²) in [4.78, 5) is 28.4. The molecule has 0 saturated carbocycles. The molecule has 2 unspecified atom stereocenters. The number of rotatable bonds is 7. The van der Waals surface area contributed by atoms with Gasteiger partial charge in [0.15, 0.2) is 7.05 Å². The predicted molar refractivity (Wildman–Crippen MR) is 103 cm³/mol. The van der Waals surface area contributed by atoms with E-state index in [9.17, 15) is 9.70 Å². The van der Waals surface area contributed by atoms with Gasteiger partial charge in [-0.3, -0.25) is 15.1 Å². The Morgan fingerprint density at radius 2 is 2.23 bits per heavy atom. The fourth-order valence-corrected chi connectivity index (χ4v) is 3.79. The molecule has 2 heterocycles. The van der Waals surface area contributed by atoms with Crippen LogP contribution in [0, 0.1) is 4.91 Å². The summed E-state index contributed by atoms with van der Waals surface area (Å²) in [6, 6.07) is 5.02. The van der Waals surface area contributed by atoms with E-state index in [1.165, 1.54) is 30.0 Å². The summed E-state index contributed by atoms with van der Waals surface area (Å²) in [6.45, 7) is 2.55. The predicted octanol–water partition coefficient (Wildman–Crippen LogP) is 3.13. The van der Waals surface area contributed by atoms with Gasteiger partial charge in [-0.05, 0) is 19.4 Å². The van der Waals surface area contributed by atoms with Crippen LogP contribution in [0.3, 0.4) is 0 Å². The van der Waals surface area contributed by atoms with Gasteiger partial charge < -0.3 is 4.74 Å². The van der Waals surface area contributed by atoms with Crippen LogP contribution >= 0.6 is 23.1 Å². The summed E-state index contributed by atoms with van der Waals surface area (Å²) in [5.74, 6) is 0.104. The van der Waals surface area contributed by atoms with Gasteiger partial charge in [-0.15, -0.1) is 22.0 Å². The van der Waals surface area contributed by atoms with Gasteiger partial charge >= 0.3 is 0 Å². The smallest absolute Gasteiger partial charge is 0.260 e. The minimum absolute atomic E-state index is 0.274. The molecule has 8 nitrogen and oxygen atoms in total. The third-order valence-electron chi connectivity index (χ3n) is 3.84. The van der Waals surface area contributed by atoms with E-state index in [0.717, 1.165) is 6.42 Å². The van der Waals surface area contributed by atoms with Crippen LogP contribution in [0.4, 0.5) is 10.8 Å². The first kappa shape index (κ1) is 18.5. The van der Waals surface area contributed by atoms with Crippen molar-refractivity contribution in [1.82, 2.24) is 10.2 Å². The van der Waals surface area contributed by atoms with Crippen molar-refractivity contribution in [3.8, 4) is 5.75 Å². The monoisotopic (exact) mass is 392 g/mol. The van der Waals surface area contributed by atoms with Gasteiger partial charge in [-0.1, -0.05) is 11.3 Å². The van der Waals surface area contributed by atoms with Crippen molar-refractivity contribution in [1.29, 1.82) is 0 Å². The molecule has 0 bridgehead atoms. The van der Waals surface area contributed by atoms with Gasteiger partial charge in [0.05, 0.1) is 29.8 Å². The maximum atomic E-state index is 12.4. The first-order valence-electron chi connectivity index (χ1n) is 7.96. The Balaban J connectivity index is 1.69. The highest BCUT2D eigenvalue weighted by Crippen LogP contribution is 2.27. The molecule has 0 saturated heterocycles. The first-order valence-corrected chi connectivity index (χ1v) is 9.78. The van der Waals surface area contributed by atoms with E-state index in [1.807, 2.05) is 5.55 Å². The number of aliphatic imine (C=N–C) groups is 1. The molecule has 1 aromatic heterocycles. The summed E-state index contributed by atoms with van der Waals surface area (Å²) in [7, 11) is 1.37. The Kier molecular flexibility index (Phi) is 5.94. The average molecular weight is 392 g/mol. The molecule has 1 aliphatic rings. The zero-order chi connectivity index (χ0) is 18.5. The van der Waals surface area contributed by atoms with Gasteiger partial charge in [0.25, 0.3) is 11.6 Å². The van der Waals surface area contributed by atoms with E-state index in [2.05, 4.69) is 27.4 Å². The third-order valence-corrected chi connectivity index (χ3v) is 5.67. The Hall–Kier alpha value is -2.33. The fraction of sp³-hybridized carbons (Fsp3) is 0.375. The van der Waals surface area contributed by atoms with E-state index in [-0.39, 0.29) is 11.9 Å². The van der Waals surface area contributed by atoms with Crippen LogP contribution < -0.4 is 10.1 Å². The molecule has 2 aromatic rings. The molecule has 1 N–H and O–H groups in total. The Morgan fingerprint density at radius 1 is 1.38 bits per heavy atom. The van der Waals surface area contributed by atoms with Crippen LogP contribution in [0.25, 0.3) is 0 Å². The number of anilines is 1. The molecule has 136 valence electrons. The number of carbonyl (C=O) groups is 1. The molecule has 0 spiro atoms. The van der Waals surface area contributed by atoms with Crippen LogP contribution in [0.2, 0.25) is 0 Å². The first-order chi connectivity index (χ1) is 12.5. The second-order valence-corrected chi connectivity index (χ2v) is 7.64. The molecule has 1 aliphatic heterocycles. The largest absolute Gasteiger partial charge is 0.493 e. The van der Waals surface area contributed by atoms with Gasteiger partial charge in [0.2, 0.25) is 5.13 Å². The van der Waals surface area contributed by atoms with Crippen LogP contribution in [-0.4, -0.2) is 51.4 Å². The highest BCUT2D eigenvalue weighted by molar-refractivity contribution is 8.12. The number of thioether (sulfide) groups is 1. The SMILES string of the molecule is CC1N=CSC1CCOc1cc(C(=O)Nc2nncs2)cc([N+](C)=O)c1. The highest BCUT2D eigenvalue weighted by Gasteiger charge is 2.21. The average Bonchev–Trinajstić information content (AvgIpc) is 3.27. The lowest BCUT2D eigenvalue weighted by Gasteiger charge is -2.14. The van der Waals surface area contributed by atoms with E-state index < -0.39 is 0 Å². The zero-order valence-corrected chi connectivity index (χ0v) is 15.9. The van der Waals surface area contributed by atoms with Crippen LogP contribution in [0.1, 0.15) is 23.7 Å². The number of aromatic nitrogens is 2. The number of hydrogen-bond donors (Lipinski definition) is 1. The standard InChI is InChI=1S/C16H17N5O3S2/c1-10-14(25-8-17-10)3-4-24-13-6-11(5-12(7-13)21(2)23)15(22)19-16-20-18-9-26-16/h5-10,14H,3-4H2,1-2H3/p+1. The molecule has 0 aliphatic carbocycles. The molecule has 2 atom stereocenters. The van der Waals surface area contributed by atoms with Crippen LogP contribution in [-0.2, 0) is 0 Å². The second kappa shape index (κ2) is 8.37. The second-order valence-electron chi connectivity index (χ2n) is 5.72. The number of carbonyl (C=O) groups excluding carboxylic acids is 1. The lowest BCUT2D eigenvalue weighted by Crippen LogP contribution is -2.17. The summed E-state index contributed by atoms with van der Waals surface area (Å²) in [6.07, 6.45) is 0.829. The number of nitrogens with one attached hydrogen (secondary N) is 1. The van der Waals surface area contributed by atoms with Crippen molar-refractivity contribution < 1.29 is 14.3 Å². The summed E-state index contributed by atoms with van der Waals surface area (Å²) >= 11 is 2.92. The fourth-order valence-electron chi connectivity index (χ4n) is 2.40. The van der Waals surface area contributed by atoms with Gasteiger partial charge in [-0.25, -0.2) is 0 Å². The van der Waals surface area contributed by atoms with E-state index in [0.29, 0.717) is 38.7 Å². The Labute approximate surface area is 158 Å². The molecule has 0 radical (unpaired) electrons. The maximum absolute atomic E-state index is 12.4. The molecule has 10 heteroatoms. The number of amides is 1. The van der Waals surface area contributed by atoms with Gasteiger partial charge in [-0.2, -0.15) is 0 Å². The topological polar surface area (TPSA) is 96.6 Å². The minimum Gasteiger partial charge on any atom is -0.493 e. The summed E-state index contributed by atoms with van der Waals surface area (Å²) in [5, 5.41) is 10.9. The minimum atomic E-state index is -0.372. The van der Waals surface area contributed by atoms with E-state index >= 15 is 0 Å². The number of hydrogen-bond acceptors (Lipinski definition) is 8. The van der Waals surface area contributed by atoms with Crippen LogP contribution in [0.15, 0.2) is 28.7 Å².